The number of hydrogen-bond donors (Lipinski definition) is 2. The molecule has 0 radical (unpaired) electrons. The van der Waals surface area contributed by atoms with Gasteiger partial charge in [0.2, 0.25) is 0 Å². The van der Waals surface area contributed by atoms with Gasteiger partial charge in [0.1, 0.15) is 5.69 Å². The molecule has 1 heterocycles. The Balaban J connectivity index is 2.19. The molecule has 0 aliphatic rings. The van der Waals surface area contributed by atoms with Gasteiger partial charge in [-0.15, -0.1) is 0 Å². The van der Waals surface area contributed by atoms with Crippen LogP contribution in [-0.2, 0) is 0 Å². The van der Waals surface area contributed by atoms with Crippen molar-refractivity contribution in [2.75, 3.05) is 17.2 Å². The van der Waals surface area contributed by atoms with Gasteiger partial charge in [-0.05, 0) is 37.3 Å². The molecule has 0 saturated heterocycles. The summed E-state index contributed by atoms with van der Waals surface area (Å²) in [5.41, 5.74) is 1.60. The van der Waals surface area contributed by atoms with Crippen molar-refractivity contribution >= 4 is 40.5 Å². The lowest BCUT2D eigenvalue weighted by molar-refractivity contribution is 0.102. The highest BCUT2D eigenvalue weighted by Gasteiger charge is 2.10. The van der Waals surface area contributed by atoms with Gasteiger partial charge in [0.05, 0.1) is 10.7 Å². The number of rotatable bonds is 4. The van der Waals surface area contributed by atoms with E-state index in [4.69, 9.17) is 23.2 Å². The highest BCUT2D eigenvalue weighted by atomic mass is 35.5. The Kier molecular flexibility index (Phi) is 4.82. The van der Waals surface area contributed by atoms with Crippen LogP contribution in [-0.4, -0.2) is 17.4 Å². The zero-order chi connectivity index (χ0) is 14.5. The van der Waals surface area contributed by atoms with E-state index >= 15 is 0 Å². The summed E-state index contributed by atoms with van der Waals surface area (Å²) in [6.07, 6.45) is 1.58. The minimum atomic E-state index is -0.339. The number of nitrogens with one attached hydrogen (secondary N) is 2. The summed E-state index contributed by atoms with van der Waals surface area (Å²) >= 11 is 11.9. The average molecular weight is 310 g/mol. The third-order valence-electron chi connectivity index (χ3n) is 2.55. The van der Waals surface area contributed by atoms with Crippen molar-refractivity contribution in [2.45, 2.75) is 6.92 Å². The smallest absolute Gasteiger partial charge is 0.274 e. The second-order valence-electron chi connectivity index (χ2n) is 4.04. The number of carbonyl (C=O) groups excluding carboxylic acids is 1. The summed E-state index contributed by atoms with van der Waals surface area (Å²) in [4.78, 5) is 16.2. The fourth-order valence-electron chi connectivity index (χ4n) is 1.65. The predicted octanol–water partition coefficient (Wildman–Crippen LogP) is 4.07. The molecule has 2 rings (SSSR count). The Labute approximate surface area is 127 Å². The molecule has 0 fully saturated rings. The van der Waals surface area contributed by atoms with Gasteiger partial charge in [0.15, 0.2) is 0 Å². The van der Waals surface area contributed by atoms with Crippen LogP contribution in [0.25, 0.3) is 0 Å². The third-order valence-corrected chi connectivity index (χ3v) is 3.11. The van der Waals surface area contributed by atoms with Crippen molar-refractivity contribution in [1.29, 1.82) is 0 Å². The highest BCUT2D eigenvalue weighted by molar-refractivity contribution is 6.35. The highest BCUT2D eigenvalue weighted by Crippen LogP contribution is 2.25. The predicted molar refractivity (Wildman–Crippen MR) is 82.8 cm³/mol. The van der Waals surface area contributed by atoms with E-state index in [-0.39, 0.29) is 5.91 Å². The maximum Gasteiger partial charge on any atom is 0.274 e. The van der Waals surface area contributed by atoms with E-state index in [2.05, 4.69) is 15.6 Å². The van der Waals surface area contributed by atoms with Crippen LogP contribution in [0.15, 0.2) is 36.5 Å². The summed E-state index contributed by atoms with van der Waals surface area (Å²) in [5.74, 6) is -0.339. The van der Waals surface area contributed by atoms with Crippen LogP contribution >= 0.6 is 23.2 Å². The van der Waals surface area contributed by atoms with Gasteiger partial charge in [0, 0.05) is 23.5 Å². The lowest BCUT2D eigenvalue weighted by Crippen LogP contribution is -2.14. The van der Waals surface area contributed by atoms with E-state index in [1.54, 1.807) is 36.5 Å². The van der Waals surface area contributed by atoms with E-state index in [0.717, 1.165) is 12.2 Å². The molecular weight excluding hydrogens is 297 g/mol. The lowest BCUT2D eigenvalue weighted by Gasteiger charge is -2.08. The number of anilines is 2. The molecule has 104 valence electrons. The minimum Gasteiger partial charge on any atom is -0.385 e. The summed E-state index contributed by atoms with van der Waals surface area (Å²) < 4.78 is 0. The Morgan fingerprint density at radius 1 is 1.25 bits per heavy atom. The second-order valence-corrected chi connectivity index (χ2v) is 4.88. The van der Waals surface area contributed by atoms with Crippen molar-refractivity contribution < 1.29 is 4.79 Å². The van der Waals surface area contributed by atoms with Crippen molar-refractivity contribution in [3.63, 3.8) is 0 Å². The van der Waals surface area contributed by atoms with Crippen LogP contribution in [0, 0.1) is 0 Å². The second kappa shape index (κ2) is 6.59. The summed E-state index contributed by atoms with van der Waals surface area (Å²) in [7, 11) is 0. The fraction of sp³-hybridized carbons (Fsp3) is 0.143. The van der Waals surface area contributed by atoms with E-state index in [0.29, 0.717) is 21.4 Å². The number of pyridine rings is 1. The lowest BCUT2D eigenvalue weighted by atomic mass is 10.2. The Bertz CT molecular complexity index is 632. The van der Waals surface area contributed by atoms with Crippen molar-refractivity contribution in [1.82, 2.24) is 4.98 Å². The first kappa shape index (κ1) is 14.6. The molecule has 0 aliphatic heterocycles. The zero-order valence-corrected chi connectivity index (χ0v) is 12.3. The van der Waals surface area contributed by atoms with Crippen LogP contribution in [0.1, 0.15) is 17.4 Å². The van der Waals surface area contributed by atoms with Gasteiger partial charge in [-0.3, -0.25) is 9.78 Å². The molecule has 0 saturated carbocycles. The first-order chi connectivity index (χ1) is 9.60. The van der Waals surface area contributed by atoms with E-state index in [1.807, 2.05) is 6.92 Å². The third kappa shape index (κ3) is 3.62. The SMILES string of the molecule is CCNc1ccnc(C(=O)Nc2cc(Cl)ccc2Cl)c1. The number of halogens is 2. The van der Waals surface area contributed by atoms with Crippen LogP contribution < -0.4 is 10.6 Å². The molecule has 1 aromatic carbocycles. The van der Waals surface area contributed by atoms with Gasteiger partial charge >= 0.3 is 0 Å². The maximum atomic E-state index is 12.1. The number of amides is 1. The topological polar surface area (TPSA) is 54.0 Å². The van der Waals surface area contributed by atoms with E-state index < -0.39 is 0 Å². The molecule has 0 unspecified atom stereocenters. The van der Waals surface area contributed by atoms with Crippen LogP contribution in [0.3, 0.4) is 0 Å². The minimum absolute atomic E-state index is 0.305. The molecule has 6 heteroatoms. The normalized spacial score (nSPS) is 10.2. The first-order valence-corrected chi connectivity index (χ1v) is 6.82. The standard InChI is InChI=1S/C14H13Cl2N3O/c1-2-17-10-5-6-18-13(8-10)14(20)19-12-7-9(15)3-4-11(12)16/h3-8H,2H2,1H3,(H,17,18)(H,19,20). The zero-order valence-electron chi connectivity index (χ0n) is 10.8. The summed E-state index contributed by atoms with van der Waals surface area (Å²) in [6.45, 7) is 2.75. The van der Waals surface area contributed by atoms with E-state index in [1.165, 1.54) is 0 Å². The first-order valence-electron chi connectivity index (χ1n) is 6.06. The fourth-order valence-corrected chi connectivity index (χ4v) is 1.99. The Morgan fingerprint density at radius 3 is 2.80 bits per heavy atom. The number of hydrogen-bond acceptors (Lipinski definition) is 3. The van der Waals surface area contributed by atoms with Crippen molar-refractivity contribution in [3.8, 4) is 0 Å². The number of nitrogens with zero attached hydrogens (tertiary/aromatic N) is 1. The monoisotopic (exact) mass is 309 g/mol. The van der Waals surface area contributed by atoms with Gasteiger partial charge in [-0.2, -0.15) is 0 Å². The van der Waals surface area contributed by atoms with Gasteiger partial charge in [0.25, 0.3) is 5.91 Å². The quantitative estimate of drug-likeness (QED) is 0.895. The Morgan fingerprint density at radius 2 is 2.05 bits per heavy atom. The molecular formula is C14H13Cl2N3O. The summed E-state index contributed by atoms with van der Waals surface area (Å²) in [5, 5.41) is 6.73. The van der Waals surface area contributed by atoms with Crippen molar-refractivity contribution in [3.05, 3.63) is 52.3 Å². The number of carbonyl (C=O) groups is 1. The summed E-state index contributed by atoms with van der Waals surface area (Å²) in [6, 6.07) is 8.35. The molecule has 1 amide bonds. The molecule has 0 aliphatic carbocycles. The molecule has 20 heavy (non-hydrogen) atoms. The Hall–Kier alpha value is -1.78. The van der Waals surface area contributed by atoms with Crippen molar-refractivity contribution in [2.24, 2.45) is 0 Å². The van der Waals surface area contributed by atoms with Crippen LogP contribution in [0.2, 0.25) is 10.0 Å². The van der Waals surface area contributed by atoms with E-state index in [9.17, 15) is 4.79 Å². The molecule has 0 atom stereocenters. The average Bonchev–Trinajstić information content (AvgIpc) is 2.43. The number of aromatic nitrogens is 1. The van der Waals surface area contributed by atoms with Crippen LogP contribution in [0.5, 0.6) is 0 Å². The molecule has 0 bridgehead atoms. The largest absolute Gasteiger partial charge is 0.385 e. The molecule has 0 spiro atoms. The maximum absolute atomic E-state index is 12.1. The molecule has 4 nitrogen and oxygen atoms in total. The van der Waals surface area contributed by atoms with Gasteiger partial charge < -0.3 is 10.6 Å². The van der Waals surface area contributed by atoms with Gasteiger partial charge in [-0.25, -0.2) is 0 Å². The van der Waals surface area contributed by atoms with Crippen LogP contribution in [0.4, 0.5) is 11.4 Å². The van der Waals surface area contributed by atoms with Gasteiger partial charge in [-0.1, -0.05) is 23.2 Å². The number of benzene rings is 1. The molecule has 2 aromatic rings. The molecule has 2 N–H and O–H groups in total. The molecule has 1 aromatic heterocycles.